The van der Waals surface area contributed by atoms with Crippen molar-refractivity contribution in [1.29, 1.82) is 0 Å². The van der Waals surface area contributed by atoms with E-state index in [9.17, 15) is 0 Å². The second-order valence-electron chi connectivity index (χ2n) is 2.11. The summed E-state index contributed by atoms with van der Waals surface area (Å²) in [7, 11) is 1.77. The highest BCUT2D eigenvalue weighted by Crippen LogP contribution is 2.21. The Morgan fingerprint density at radius 1 is 1.45 bits per heavy atom. The molecule has 1 rings (SSSR count). The fourth-order valence-electron chi connectivity index (χ4n) is 0.885. The Labute approximate surface area is 65.2 Å². The smallest absolute Gasteiger partial charge is 0.105 e. The minimum absolute atomic E-state index is 0.551. The first-order valence-corrected chi connectivity index (χ1v) is 3.26. The summed E-state index contributed by atoms with van der Waals surface area (Å²) in [6.07, 6.45) is 0. The van der Waals surface area contributed by atoms with E-state index < -0.39 is 0 Å². The molecule has 1 aromatic carbocycles. The quantitative estimate of drug-likeness (QED) is 0.434. The van der Waals surface area contributed by atoms with Crippen LogP contribution in [0, 0.1) is 0 Å². The van der Waals surface area contributed by atoms with E-state index in [2.05, 4.69) is 5.32 Å². The van der Waals surface area contributed by atoms with Gasteiger partial charge in [-0.1, -0.05) is 12.1 Å². The zero-order valence-electron chi connectivity index (χ0n) is 6.28. The summed E-state index contributed by atoms with van der Waals surface area (Å²) in [5.74, 6) is 5.14. The van der Waals surface area contributed by atoms with Gasteiger partial charge in [-0.2, -0.15) is 5.17 Å². The summed E-state index contributed by atoms with van der Waals surface area (Å²) in [6, 6.07) is 7.20. The second kappa shape index (κ2) is 3.23. The largest absolute Gasteiger partial charge is 0.386 e. The summed E-state index contributed by atoms with van der Waals surface area (Å²) >= 11 is 0. The van der Waals surface area contributed by atoms with Crippen molar-refractivity contribution in [2.24, 2.45) is 5.84 Å². The van der Waals surface area contributed by atoms with E-state index in [0.717, 1.165) is 5.69 Å². The molecule has 11 heavy (non-hydrogen) atoms. The molecule has 0 aliphatic rings. The molecule has 0 atom stereocenters. The maximum atomic E-state index is 8.91. The topological polar surface area (TPSA) is 61.5 Å². The Morgan fingerprint density at radius 3 is 2.55 bits per heavy atom. The van der Waals surface area contributed by atoms with Crippen LogP contribution in [0.4, 0.5) is 11.4 Å². The zero-order chi connectivity index (χ0) is 8.27. The van der Waals surface area contributed by atoms with Gasteiger partial charge in [0.05, 0.1) is 5.69 Å². The van der Waals surface area contributed by atoms with Crippen LogP contribution in [0.25, 0.3) is 0 Å². The van der Waals surface area contributed by atoms with Crippen molar-refractivity contribution in [3.05, 3.63) is 24.3 Å². The van der Waals surface area contributed by atoms with Gasteiger partial charge in [-0.05, 0) is 12.1 Å². The minimum atomic E-state index is 0.551. The van der Waals surface area contributed by atoms with E-state index in [1.807, 2.05) is 12.1 Å². The van der Waals surface area contributed by atoms with Crippen LogP contribution >= 0.6 is 0 Å². The van der Waals surface area contributed by atoms with Crippen LogP contribution in [0.5, 0.6) is 0 Å². The van der Waals surface area contributed by atoms with Crippen LogP contribution in [0.3, 0.4) is 0 Å². The first-order valence-electron chi connectivity index (χ1n) is 3.26. The van der Waals surface area contributed by atoms with E-state index in [0.29, 0.717) is 10.9 Å². The number of benzene rings is 1. The lowest BCUT2D eigenvalue weighted by Crippen LogP contribution is -2.26. The van der Waals surface area contributed by atoms with Gasteiger partial charge in [-0.15, -0.1) is 0 Å². The zero-order valence-corrected chi connectivity index (χ0v) is 6.28. The van der Waals surface area contributed by atoms with Crippen molar-refractivity contribution in [3.8, 4) is 0 Å². The highest BCUT2D eigenvalue weighted by molar-refractivity contribution is 5.67. The number of rotatable bonds is 2. The molecule has 0 amide bonds. The van der Waals surface area contributed by atoms with E-state index in [1.165, 1.54) is 0 Å². The first-order chi connectivity index (χ1) is 5.25. The third-order valence-corrected chi connectivity index (χ3v) is 1.42. The van der Waals surface area contributed by atoms with Gasteiger partial charge in [0, 0.05) is 7.05 Å². The van der Waals surface area contributed by atoms with Gasteiger partial charge >= 0.3 is 0 Å². The molecule has 60 valence electrons. The first kappa shape index (κ1) is 7.84. The number of anilines is 2. The summed E-state index contributed by atoms with van der Waals surface area (Å²) in [4.78, 5) is 0. The van der Waals surface area contributed by atoms with Crippen LogP contribution in [-0.4, -0.2) is 12.3 Å². The van der Waals surface area contributed by atoms with Gasteiger partial charge in [-0.3, -0.25) is 5.21 Å². The van der Waals surface area contributed by atoms with Crippen molar-refractivity contribution < 1.29 is 5.21 Å². The van der Waals surface area contributed by atoms with Gasteiger partial charge < -0.3 is 5.32 Å². The van der Waals surface area contributed by atoms with Crippen LogP contribution < -0.4 is 16.3 Å². The van der Waals surface area contributed by atoms with Crippen molar-refractivity contribution in [1.82, 2.24) is 0 Å². The molecule has 0 bridgehead atoms. The number of hydrazine groups is 1. The predicted octanol–water partition coefficient (Wildman–Crippen LogP) is 0.798. The fourth-order valence-corrected chi connectivity index (χ4v) is 0.885. The summed E-state index contributed by atoms with van der Waals surface area (Å²) in [6.45, 7) is 0. The van der Waals surface area contributed by atoms with Crippen LogP contribution in [0.2, 0.25) is 0 Å². The Hall–Kier alpha value is -1.26. The van der Waals surface area contributed by atoms with E-state index in [4.69, 9.17) is 11.0 Å². The van der Waals surface area contributed by atoms with Gasteiger partial charge in [0.25, 0.3) is 0 Å². The molecule has 0 aromatic heterocycles. The standard InChI is InChI=1S/C7H11N3O/c1-9-6-4-2-3-5-7(6)10(8)11/h2-5,9,11H,8H2,1H3. The highest BCUT2D eigenvalue weighted by Gasteiger charge is 2.01. The lowest BCUT2D eigenvalue weighted by Gasteiger charge is -2.13. The second-order valence-corrected chi connectivity index (χ2v) is 2.11. The Bertz CT molecular complexity index is 237. The highest BCUT2D eigenvalue weighted by atomic mass is 16.5. The van der Waals surface area contributed by atoms with Crippen molar-refractivity contribution in [2.45, 2.75) is 0 Å². The molecular formula is C7H11N3O. The Morgan fingerprint density at radius 2 is 2.09 bits per heavy atom. The SMILES string of the molecule is CNc1ccccc1N(N)O. The monoisotopic (exact) mass is 153 g/mol. The van der Waals surface area contributed by atoms with Gasteiger partial charge in [0.15, 0.2) is 0 Å². The third kappa shape index (κ3) is 1.60. The van der Waals surface area contributed by atoms with E-state index in [1.54, 1.807) is 19.2 Å². The maximum absolute atomic E-state index is 8.91. The number of nitrogens with one attached hydrogen (secondary N) is 1. The molecule has 4 N–H and O–H groups in total. The Balaban J connectivity index is 3.02. The van der Waals surface area contributed by atoms with Gasteiger partial charge in [0.1, 0.15) is 5.69 Å². The maximum Gasteiger partial charge on any atom is 0.105 e. The Kier molecular flexibility index (Phi) is 2.30. The molecule has 4 nitrogen and oxygen atoms in total. The number of nitrogens with two attached hydrogens (primary N) is 1. The third-order valence-electron chi connectivity index (χ3n) is 1.42. The molecule has 0 spiro atoms. The summed E-state index contributed by atoms with van der Waals surface area (Å²) < 4.78 is 0. The molecule has 1 aromatic rings. The summed E-state index contributed by atoms with van der Waals surface area (Å²) in [5.41, 5.74) is 1.34. The van der Waals surface area contributed by atoms with Crippen molar-refractivity contribution in [2.75, 3.05) is 17.5 Å². The molecular weight excluding hydrogens is 142 g/mol. The van der Waals surface area contributed by atoms with Crippen LogP contribution in [0.15, 0.2) is 24.3 Å². The number of hydrogen-bond acceptors (Lipinski definition) is 4. The molecule has 0 saturated heterocycles. The molecule has 0 aliphatic heterocycles. The van der Waals surface area contributed by atoms with Gasteiger partial charge in [0.2, 0.25) is 0 Å². The molecule has 0 unspecified atom stereocenters. The number of nitrogens with zero attached hydrogens (tertiary/aromatic N) is 1. The molecule has 0 radical (unpaired) electrons. The molecule has 0 heterocycles. The van der Waals surface area contributed by atoms with Crippen molar-refractivity contribution in [3.63, 3.8) is 0 Å². The van der Waals surface area contributed by atoms with Crippen LogP contribution in [0.1, 0.15) is 0 Å². The van der Waals surface area contributed by atoms with E-state index >= 15 is 0 Å². The molecule has 0 aliphatic carbocycles. The predicted molar refractivity (Wildman–Crippen MR) is 44.4 cm³/mol. The van der Waals surface area contributed by atoms with Crippen molar-refractivity contribution >= 4 is 11.4 Å². The lowest BCUT2D eigenvalue weighted by atomic mass is 10.3. The fraction of sp³-hybridized carbons (Fsp3) is 0.143. The van der Waals surface area contributed by atoms with E-state index in [-0.39, 0.29) is 0 Å². The van der Waals surface area contributed by atoms with Gasteiger partial charge in [-0.25, -0.2) is 5.84 Å². The molecule has 4 heteroatoms. The molecule has 0 fully saturated rings. The number of para-hydroxylation sites is 2. The average Bonchev–Trinajstić information content (AvgIpc) is 2.04. The average molecular weight is 153 g/mol. The minimum Gasteiger partial charge on any atom is -0.386 e. The summed E-state index contributed by atoms with van der Waals surface area (Å²) in [5, 5.41) is 12.4. The number of hydrogen-bond donors (Lipinski definition) is 3. The lowest BCUT2D eigenvalue weighted by molar-refractivity contribution is 0.258. The molecule has 0 saturated carbocycles. The normalized spacial score (nSPS) is 9.36. The van der Waals surface area contributed by atoms with Crippen LogP contribution in [-0.2, 0) is 0 Å².